The van der Waals surface area contributed by atoms with Crippen LogP contribution in [0, 0.1) is 0 Å². The molecule has 3 heteroatoms. The Morgan fingerprint density at radius 3 is 2.30 bits per heavy atom. The molecule has 10 heavy (non-hydrogen) atoms. The molecule has 2 nitrogen and oxygen atoms in total. The van der Waals surface area contributed by atoms with Crippen LogP contribution < -0.4 is 5.73 Å². The molecule has 0 aromatic carbocycles. The van der Waals surface area contributed by atoms with Crippen molar-refractivity contribution in [2.75, 3.05) is 19.3 Å². The molecule has 1 aliphatic heterocycles. The third-order valence-corrected chi connectivity index (χ3v) is 3.00. The first-order valence-electron chi connectivity index (χ1n) is 3.72. The van der Waals surface area contributed by atoms with Gasteiger partial charge >= 0.3 is 0 Å². The summed E-state index contributed by atoms with van der Waals surface area (Å²) in [6, 6.07) is 0. The van der Waals surface area contributed by atoms with Crippen molar-refractivity contribution in [3.63, 3.8) is 0 Å². The van der Waals surface area contributed by atoms with Crippen molar-refractivity contribution in [3.05, 3.63) is 0 Å². The summed E-state index contributed by atoms with van der Waals surface area (Å²) in [7, 11) is 0. The SMILES string of the molecule is CSN1CCC(C)(N)CC1. The maximum absolute atomic E-state index is 5.96. The number of nitrogens with zero attached hydrogens (tertiary/aromatic N) is 1. The summed E-state index contributed by atoms with van der Waals surface area (Å²) in [5, 5.41) is 0. The second-order valence-corrected chi connectivity index (χ2v) is 4.15. The van der Waals surface area contributed by atoms with Crippen molar-refractivity contribution in [3.8, 4) is 0 Å². The number of rotatable bonds is 1. The van der Waals surface area contributed by atoms with Gasteiger partial charge in [0.05, 0.1) is 0 Å². The largest absolute Gasteiger partial charge is 0.325 e. The van der Waals surface area contributed by atoms with Crippen LogP contribution in [-0.2, 0) is 0 Å². The van der Waals surface area contributed by atoms with E-state index in [1.807, 2.05) is 11.9 Å². The van der Waals surface area contributed by atoms with Crippen molar-refractivity contribution in [2.45, 2.75) is 25.3 Å². The predicted molar refractivity (Wildman–Crippen MR) is 46.9 cm³/mol. The zero-order chi connectivity index (χ0) is 7.61. The van der Waals surface area contributed by atoms with Gasteiger partial charge in [-0.3, -0.25) is 4.31 Å². The van der Waals surface area contributed by atoms with Crippen molar-refractivity contribution in [2.24, 2.45) is 5.73 Å². The first kappa shape index (κ1) is 8.37. The van der Waals surface area contributed by atoms with E-state index in [2.05, 4.69) is 17.5 Å². The van der Waals surface area contributed by atoms with E-state index in [1.165, 1.54) is 0 Å². The molecule has 0 spiro atoms. The normalized spacial score (nSPS) is 26.7. The molecule has 1 rings (SSSR count). The fourth-order valence-corrected chi connectivity index (χ4v) is 1.73. The molecule has 0 atom stereocenters. The molecule has 0 aromatic heterocycles. The molecule has 60 valence electrons. The van der Waals surface area contributed by atoms with Gasteiger partial charge in [-0.1, -0.05) is 11.9 Å². The van der Waals surface area contributed by atoms with Crippen LogP contribution in [0.2, 0.25) is 0 Å². The number of hydrogen-bond acceptors (Lipinski definition) is 3. The third kappa shape index (κ3) is 2.15. The molecular formula is C7H16N2S. The Labute approximate surface area is 67.3 Å². The molecule has 0 unspecified atom stereocenters. The van der Waals surface area contributed by atoms with Crippen molar-refractivity contribution < 1.29 is 0 Å². The van der Waals surface area contributed by atoms with Gasteiger partial charge in [-0.25, -0.2) is 0 Å². The molecule has 2 N–H and O–H groups in total. The highest BCUT2D eigenvalue weighted by Crippen LogP contribution is 2.21. The number of nitrogens with two attached hydrogens (primary N) is 1. The van der Waals surface area contributed by atoms with Crippen LogP contribution in [0.4, 0.5) is 0 Å². The van der Waals surface area contributed by atoms with Gasteiger partial charge < -0.3 is 5.73 Å². The third-order valence-electron chi connectivity index (χ3n) is 2.12. The lowest BCUT2D eigenvalue weighted by molar-refractivity contribution is 0.267. The topological polar surface area (TPSA) is 29.3 Å². The van der Waals surface area contributed by atoms with E-state index in [0.29, 0.717) is 0 Å². The van der Waals surface area contributed by atoms with Gasteiger partial charge in [0.25, 0.3) is 0 Å². The van der Waals surface area contributed by atoms with Crippen molar-refractivity contribution in [1.29, 1.82) is 0 Å². The van der Waals surface area contributed by atoms with E-state index >= 15 is 0 Å². The molecule has 0 amide bonds. The second kappa shape index (κ2) is 3.11. The van der Waals surface area contributed by atoms with Gasteiger partial charge in [-0.15, -0.1) is 0 Å². The van der Waals surface area contributed by atoms with Crippen LogP contribution in [0.15, 0.2) is 0 Å². The average molecular weight is 160 g/mol. The standard InChI is InChI=1S/C7H16N2S/c1-7(8)3-5-9(10-2)6-4-7/h3-6,8H2,1-2H3. The molecule has 1 heterocycles. The Balaban J connectivity index is 2.31. The molecule has 0 aliphatic carbocycles. The molecule has 1 saturated heterocycles. The van der Waals surface area contributed by atoms with E-state index in [1.54, 1.807) is 0 Å². The van der Waals surface area contributed by atoms with E-state index < -0.39 is 0 Å². The monoisotopic (exact) mass is 160 g/mol. The van der Waals surface area contributed by atoms with Crippen LogP contribution in [-0.4, -0.2) is 29.2 Å². The molecule has 0 aromatic rings. The highest BCUT2D eigenvalue weighted by atomic mass is 32.2. The van der Waals surface area contributed by atoms with E-state index in [9.17, 15) is 0 Å². The summed E-state index contributed by atoms with van der Waals surface area (Å²) in [5.41, 5.74) is 6.06. The molecule has 0 saturated carbocycles. The highest BCUT2D eigenvalue weighted by Gasteiger charge is 2.24. The van der Waals surface area contributed by atoms with Gasteiger partial charge in [0.1, 0.15) is 0 Å². The number of hydrogen-bond donors (Lipinski definition) is 1. The van der Waals surface area contributed by atoms with Crippen LogP contribution in [0.3, 0.4) is 0 Å². The summed E-state index contributed by atoms with van der Waals surface area (Å²) in [4.78, 5) is 0. The van der Waals surface area contributed by atoms with Crippen molar-refractivity contribution in [1.82, 2.24) is 4.31 Å². The minimum absolute atomic E-state index is 0.103. The van der Waals surface area contributed by atoms with Crippen LogP contribution in [0.1, 0.15) is 19.8 Å². The van der Waals surface area contributed by atoms with Gasteiger partial charge in [0, 0.05) is 18.6 Å². The summed E-state index contributed by atoms with van der Waals surface area (Å²) in [5.74, 6) is 0. The zero-order valence-corrected chi connectivity index (χ0v) is 7.58. The number of piperidine rings is 1. The van der Waals surface area contributed by atoms with Crippen LogP contribution in [0.5, 0.6) is 0 Å². The molecular weight excluding hydrogens is 144 g/mol. The van der Waals surface area contributed by atoms with Gasteiger partial charge in [0.2, 0.25) is 0 Å². The van der Waals surface area contributed by atoms with E-state index in [4.69, 9.17) is 5.73 Å². The van der Waals surface area contributed by atoms with Crippen molar-refractivity contribution >= 4 is 11.9 Å². The Bertz CT molecular complexity index is 104. The van der Waals surface area contributed by atoms with Gasteiger partial charge in [0.15, 0.2) is 0 Å². The molecule has 1 fully saturated rings. The summed E-state index contributed by atoms with van der Waals surface area (Å²) in [6.07, 6.45) is 4.39. The predicted octanol–water partition coefficient (Wildman–Crippen LogP) is 1.08. The Hall–Kier alpha value is 0.270. The first-order valence-corrected chi connectivity index (χ1v) is 4.90. The average Bonchev–Trinajstić information content (AvgIpc) is 1.88. The van der Waals surface area contributed by atoms with Crippen LogP contribution in [0.25, 0.3) is 0 Å². The lowest BCUT2D eigenvalue weighted by Crippen LogP contribution is -2.46. The maximum atomic E-state index is 5.96. The van der Waals surface area contributed by atoms with E-state index in [0.717, 1.165) is 25.9 Å². The Kier molecular flexibility index (Phi) is 2.61. The molecule has 1 aliphatic rings. The maximum Gasteiger partial charge on any atom is 0.0150 e. The van der Waals surface area contributed by atoms with Gasteiger partial charge in [-0.2, -0.15) is 0 Å². The summed E-state index contributed by atoms with van der Waals surface area (Å²) < 4.78 is 2.37. The lowest BCUT2D eigenvalue weighted by atomic mass is 9.92. The first-order chi connectivity index (χ1) is 4.64. The fraction of sp³-hybridized carbons (Fsp3) is 1.00. The van der Waals surface area contributed by atoms with Crippen LogP contribution >= 0.6 is 11.9 Å². The minimum atomic E-state index is 0.103. The van der Waals surface area contributed by atoms with E-state index in [-0.39, 0.29) is 5.54 Å². The summed E-state index contributed by atoms with van der Waals surface area (Å²) in [6.45, 7) is 4.44. The Morgan fingerprint density at radius 1 is 1.40 bits per heavy atom. The fourth-order valence-electron chi connectivity index (χ4n) is 1.18. The quantitative estimate of drug-likeness (QED) is 0.582. The second-order valence-electron chi connectivity index (χ2n) is 3.27. The lowest BCUT2D eigenvalue weighted by Gasteiger charge is -2.35. The summed E-state index contributed by atoms with van der Waals surface area (Å²) >= 11 is 1.82. The molecule has 0 radical (unpaired) electrons. The zero-order valence-electron chi connectivity index (χ0n) is 6.76. The highest BCUT2D eigenvalue weighted by molar-refractivity contribution is 7.96. The minimum Gasteiger partial charge on any atom is -0.325 e. The van der Waals surface area contributed by atoms with Gasteiger partial charge in [-0.05, 0) is 26.0 Å². The molecule has 0 bridgehead atoms. The smallest absolute Gasteiger partial charge is 0.0150 e. The Morgan fingerprint density at radius 2 is 1.90 bits per heavy atom.